The van der Waals surface area contributed by atoms with Crippen LogP contribution in [-0.4, -0.2) is 25.0 Å². The van der Waals surface area contributed by atoms with Gasteiger partial charge >= 0.3 is 0 Å². The van der Waals surface area contributed by atoms with Crippen LogP contribution >= 0.6 is 0 Å². The molecule has 0 fully saturated rings. The van der Waals surface area contributed by atoms with Gasteiger partial charge in [0.05, 0.1) is 5.39 Å². The predicted molar refractivity (Wildman–Crippen MR) is 92.1 cm³/mol. The number of fused-ring (bicyclic) bond motifs is 3. The fraction of sp³-hybridized carbons (Fsp3) is 0.118. The Morgan fingerprint density at radius 2 is 2.08 bits per heavy atom. The van der Waals surface area contributed by atoms with E-state index in [9.17, 15) is 9.90 Å². The van der Waals surface area contributed by atoms with Gasteiger partial charge in [0.15, 0.2) is 0 Å². The lowest BCUT2D eigenvalue weighted by Crippen LogP contribution is -2.30. The fourth-order valence-corrected chi connectivity index (χ4v) is 3.81. The van der Waals surface area contributed by atoms with Gasteiger partial charge in [0.2, 0.25) is 11.5 Å². The Bertz CT molecular complexity index is 1360. The maximum atomic E-state index is 12.1. The van der Waals surface area contributed by atoms with Gasteiger partial charge < -0.3 is 16.6 Å². The third-order valence-electron chi connectivity index (χ3n) is 4.94. The second-order valence-corrected chi connectivity index (χ2v) is 6.33. The quantitative estimate of drug-likeness (QED) is 0.312. The number of aryl methyl sites for hydroxylation is 2. The van der Waals surface area contributed by atoms with E-state index in [1.165, 1.54) is 0 Å². The number of aromatic nitrogens is 4. The standard InChI is InChI=1S/C17H14N6O2/c1-7-5-9-12(15(19)25)14(18)22-13-8(2)11(24)4-3-10(13)21-6-20-16(7)23(21)17(9)22/h3-6H,1-2H3,(H4-,18,19,24,25)/p+1. The third kappa shape index (κ3) is 1.40. The summed E-state index contributed by atoms with van der Waals surface area (Å²) in [5.74, 6) is -0.185. The minimum absolute atomic E-state index is 0.151. The molecule has 0 saturated heterocycles. The van der Waals surface area contributed by atoms with Crippen LogP contribution in [0.4, 0.5) is 5.82 Å². The van der Waals surface area contributed by atoms with Gasteiger partial charge in [-0.15, -0.1) is 4.52 Å². The molecule has 0 saturated carbocycles. The van der Waals surface area contributed by atoms with Crippen molar-refractivity contribution in [1.82, 2.24) is 14.0 Å². The first-order valence-electron chi connectivity index (χ1n) is 7.77. The molecule has 5 aromatic rings. The molecule has 0 unspecified atom stereocenters. The van der Waals surface area contributed by atoms with Gasteiger partial charge in [-0.25, -0.2) is 4.98 Å². The zero-order chi connectivity index (χ0) is 17.6. The average Bonchev–Trinajstić information content (AvgIpc) is 3.11. The first kappa shape index (κ1) is 13.8. The molecule has 0 radical (unpaired) electrons. The van der Waals surface area contributed by atoms with E-state index in [2.05, 4.69) is 4.98 Å². The number of rotatable bonds is 1. The molecule has 4 aromatic heterocycles. The van der Waals surface area contributed by atoms with Crippen LogP contribution in [0.3, 0.4) is 0 Å². The number of primary amides is 1. The minimum atomic E-state index is -0.590. The Hall–Kier alpha value is -3.55. The maximum Gasteiger partial charge on any atom is 0.266 e. The summed E-state index contributed by atoms with van der Waals surface area (Å²) in [5, 5.41) is 10.9. The van der Waals surface area contributed by atoms with Gasteiger partial charge in [-0.2, -0.15) is 8.92 Å². The Labute approximate surface area is 140 Å². The normalized spacial score (nSPS) is 12.2. The molecule has 4 heterocycles. The Morgan fingerprint density at radius 1 is 1.32 bits per heavy atom. The van der Waals surface area contributed by atoms with Gasteiger partial charge in [0, 0.05) is 11.1 Å². The number of carbonyl (C=O) groups excluding carboxylic acids is 1. The SMILES string of the molecule is Cc1cc2c(C(N)=O)c(N)[n+]3c4c(C)c(O)ccc4n4cnc1n4c23. The molecule has 1 aromatic carbocycles. The molecule has 0 aliphatic heterocycles. The predicted octanol–water partition coefficient (Wildman–Crippen LogP) is 0.920. The third-order valence-corrected chi connectivity index (χ3v) is 4.94. The number of nitrogens with zero attached hydrogens (tertiary/aromatic N) is 4. The van der Waals surface area contributed by atoms with Crippen molar-refractivity contribution < 1.29 is 14.3 Å². The van der Waals surface area contributed by atoms with E-state index in [0.29, 0.717) is 22.1 Å². The van der Waals surface area contributed by atoms with Crippen molar-refractivity contribution in [3.8, 4) is 5.75 Å². The van der Waals surface area contributed by atoms with Crippen molar-refractivity contribution >= 4 is 39.4 Å². The van der Waals surface area contributed by atoms with Gasteiger partial charge in [0.1, 0.15) is 28.7 Å². The molecule has 0 aliphatic rings. The molecule has 0 bridgehead atoms. The lowest BCUT2D eigenvalue weighted by molar-refractivity contribution is -0.465. The summed E-state index contributed by atoms with van der Waals surface area (Å²) >= 11 is 0. The number of benzene rings is 1. The first-order valence-corrected chi connectivity index (χ1v) is 7.77. The number of anilines is 1. The van der Waals surface area contributed by atoms with Crippen molar-refractivity contribution in [3.05, 3.63) is 41.2 Å². The lowest BCUT2D eigenvalue weighted by Gasteiger charge is -2.09. The summed E-state index contributed by atoms with van der Waals surface area (Å²) in [6.45, 7) is 3.73. The summed E-state index contributed by atoms with van der Waals surface area (Å²) in [6.07, 6.45) is 1.72. The smallest absolute Gasteiger partial charge is 0.266 e. The number of nitrogens with two attached hydrogens (primary N) is 2. The lowest BCUT2D eigenvalue weighted by atomic mass is 10.1. The number of amides is 1. The number of hydrogen-bond donors (Lipinski definition) is 3. The van der Waals surface area contributed by atoms with Crippen LogP contribution < -0.4 is 15.9 Å². The van der Waals surface area contributed by atoms with E-state index in [-0.39, 0.29) is 17.1 Å². The van der Waals surface area contributed by atoms with Gasteiger partial charge in [-0.05, 0) is 32.0 Å². The van der Waals surface area contributed by atoms with E-state index in [1.54, 1.807) is 29.8 Å². The largest absolute Gasteiger partial charge is 0.508 e. The number of nitrogen functional groups attached to an aromatic ring is 1. The molecular formula is C17H15N6O2+. The van der Waals surface area contributed by atoms with Crippen LogP contribution in [0.5, 0.6) is 5.75 Å². The summed E-state index contributed by atoms with van der Waals surface area (Å²) in [4.78, 5) is 16.6. The number of pyridine rings is 1. The molecule has 0 spiro atoms. The van der Waals surface area contributed by atoms with Crippen molar-refractivity contribution in [1.29, 1.82) is 0 Å². The van der Waals surface area contributed by atoms with Crippen molar-refractivity contribution in [2.45, 2.75) is 13.8 Å². The topological polar surface area (TPSA) is 115 Å². The second kappa shape index (κ2) is 4.10. The molecule has 1 amide bonds. The van der Waals surface area contributed by atoms with Gasteiger partial charge in [0.25, 0.3) is 11.6 Å². The summed E-state index contributed by atoms with van der Waals surface area (Å²) in [5.41, 5.74) is 16.8. The van der Waals surface area contributed by atoms with Crippen LogP contribution in [-0.2, 0) is 0 Å². The molecule has 5 rings (SSSR count). The second-order valence-electron chi connectivity index (χ2n) is 6.33. The van der Waals surface area contributed by atoms with Crippen LogP contribution in [0.2, 0.25) is 0 Å². The number of phenolic OH excluding ortho intramolecular Hbond substituents is 1. The molecule has 8 heteroatoms. The molecule has 25 heavy (non-hydrogen) atoms. The molecule has 0 atom stereocenters. The minimum Gasteiger partial charge on any atom is -0.508 e. The summed E-state index contributed by atoms with van der Waals surface area (Å²) in [6, 6.07) is 5.30. The Morgan fingerprint density at radius 3 is 2.80 bits per heavy atom. The number of carbonyl (C=O) groups is 1. The Balaban J connectivity index is 2.29. The monoisotopic (exact) mass is 335 g/mol. The van der Waals surface area contributed by atoms with Crippen LogP contribution in [0.15, 0.2) is 24.5 Å². The highest BCUT2D eigenvalue weighted by Crippen LogP contribution is 2.31. The Kier molecular flexibility index (Phi) is 2.27. The molecule has 124 valence electrons. The van der Waals surface area contributed by atoms with Gasteiger partial charge in [-0.3, -0.25) is 4.79 Å². The molecule has 8 nitrogen and oxygen atoms in total. The highest BCUT2D eigenvalue weighted by molar-refractivity contribution is 6.09. The highest BCUT2D eigenvalue weighted by Gasteiger charge is 2.31. The fourth-order valence-electron chi connectivity index (χ4n) is 3.81. The van der Waals surface area contributed by atoms with E-state index >= 15 is 0 Å². The van der Waals surface area contributed by atoms with Crippen molar-refractivity contribution in [2.75, 3.05) is 5.73 Å². The molecule has 5 N–H and O–H groups in total. The number of aromatic hydroxyl groups is 1. The maximum absolute atomic E-state index is 12.1. The van der Waals surface area contributed by atoms with Crippen LogP contribution in [0.1, 0.15) is 21.5 Å². The number of hydrogen-bond acceptors (Lipinski definition) is 4. The van der Waals surface area contributed by atoms with E-state index < -0.39 is 5.91 Å². The van der Waals surface area contributed by atoms with Crippen molar-refractivity contribution in [2.24, 2.45) is 5.73 Å². The van der Waals surface area contributed by atoms with E-state index in [1.807, 2.05) is 22.0 Å². The van der Waals surface area contributed by atoms with Crippen molar-refractivity contribution in [3.63, 3.8) is 0 Å². The van der Waals surface area contributed by atoms with E-state index in [0.717, 1.165) is 16.7 Å². The van der Waals surface area contributed by atoms with Crippen LogP contribution in [0, 0.1) is 13.8 Å². The first-order chi connectivity index (χ1) is 11.9. The summed E-state index contributed by atoms with van der Waals surface area (Å²) < 4.78 is 5.57. The highest BCUT2D eigenvalue weighted by atomic mass is 16.3. The van der Waals surface area contributed by atoms with E-state index in [4.69, 9.17) is 11.5 Å². The number of phenols is 1. The van der Waals surface area contributed by atoms with Crippen LogP contribution in [0.25, 0.3) is 27.7 Å². The molecule has 0 aliphatic carbocycles. The zero-order valence-electron chi connectivity index (χ0n) is 13.6. The zero-order valence-corrected chi connectivity index (χ0v) is 13.6. The average molecular weight is 335 g/mol. The molecular weight excluding hydrogens is 320 g/mol. The van der Waals surface area contributed by atoms with Gasteiger partial charge in [-0.1, -0.05) is 0 Å². The summed E-state index contributed by atoms with van der Waals surface area (Å²) in [7, 11) is 0.